The fraction of sp³-hybridized carbons (Fsp3) is 1.00. The maximum atomic E-state index is 9.01. The second-order valence-corrected chi connectivity index (χ2v) is 6.13. The maximum absolute atomic E-state index is 9.01. The van der Waals surface area contributed by atoms with Gasteiger partial charge in [-0.2, -0.15) is 0 Å². The van der Waals surface area contributed by atoms with E-state index >= 15 is 0 Å². The lowest BCUT2D eigenvalue weighted by molar-refractivity contribution is -0.111. The van der Waals surface area contributed by atoms with Gasteiger partial charge in [-0.05, 0) is 56.3 Å². The Bertz CT molecular complexity index is 200. The molecule has 0 spiro atoms. The molecule has 4 heteroatoms. The van der Waals surface area contributed by atoms with E-state index in [0.29, 0.717) is 0 Å². The Balaban J connectivity index is 1.80. The first-order valence-corrected chi connectivity index (χ1v) is 6.69. The van der Waals surface area contributed by atoms with Crippen LogP contribution in [0, 0.1) is 17.8 Å². The molecule has 4 aliphatic carbocycles. The molecule has 80 valence electrons. The first kappa shape index (κ1) is 9.53. The minimum Gasteiger partial charge on any atom is -0.328 e. The molecule has 0 aromatic carbocycles. The van der Waals surface area contributed by atoms with Crippen molar-refractivity contribution in [1.29, 1.82) is 0 Å². The molecule has 2 N–H and O–H groups in total. The SMILES string of the molecule is OP(O)OC12CC3CC(CC(C3)C1)C2. The summed E-state index contributed by atoms with van der Waals surface area (Å²) in [7, 11) is -2.16. The van der Waals surface area contributed by atoms with Crippen LogP contribution < -0.4 is 0 Å². The van der Waals surface area contributed by atoms with Crippen molar-refractivity contribution in [1.82, 2.24) is 0 Å². The van der Waals surface area contributed by atoms with Crippen molar-refractivity contribution in [2.45, 2.75) is 44.1 Å². The molecule has 0 radical (unpaired) electrons. The Labute approximate surface area is 85.5 Å². The van der Waals surface area contributed by atoms with E-state index in [1.54, 1.807) is 0 Å². The molecule has 0 aromatic rings. The summed E-state index contributed by atoms with van der Waals surface area (Å²) in [6, 6.07) is 0. The summed E-state index contributed by atoms with van der Waals surface area (Å²) in [6.45, 7) is 0. The molecule has 0 atom stereocenters. The van der Waals surface area contributed by atoms with Crippen molar-refractivity contribution in [2.75, 3.05) is 0 Å². The summed E-state index contributed by atoms with van der Waals surface area (Å²) in [5, 5.41) is 0. The monoisotopic (exact) mass is 216 g/mol. The maximum Gasteiger partial charge on any atom is 0.327 e. The van der Waals surface area contributed by atoms with Gasteiger partial charge in [0.2, 0.25) is 0 Å². The van der Waals surface area contributed by atoms with Crippen molar-refractivity contribution in [3.8, 4) is 0 Å². The van der Waals surface area contributed by atoms with Crippen LogP contribution in [0.2, 0.25) is 0 Å². The lowest BCUT2D eigenvalue weighted by Gasteiger charge is -2.55. The van der Waals surface area contributed by atoms with Gasteiger partial charge >= 0.3 is 8.60 Å². The van der Waals surface area contributed by atoms with Crippen LogP contribution in [0.5, 0.6) is 0 Å². The average Bonchev–Trinajstić information content (AvgIpc) is 1.96. The number of hydrogen-bond donors (Lipinski definition) is 2. The molecule has 0 saturated heterocycles. The zero-order chi connectivity index (χ0) is 9.76. The second kappa shape index (κ2) is 3.15. The minimum atomic E-state index is -2.16. The Morgan fingerprint density at radius 3 is 1.71 bits per heavy atom. The van der Waals surface area contributed by atoms with Gasteiger partial charge in [0.15, 0.2) is 0 Å². The van der Waals surface area contributed by atoms with Crippen LogP contribution in [0.15, 0.2) is 0 Å². The average molecular weight is 216 g/mol. The van der Waals surface area contributed by atoms with Gasteiger partial charge in [0.05, 0.1) is 5.60 Å². The van der Waals surface area contributed by atoms with E-state index in [4.69, 9.17) is 14.3 Å². The molecule has 0 aromatic heterocycles. The lowest BCUT2D eigenvalue weighted by atomic mass is 9.54. The van der Waals surface area contributed by atoms with Crippen LogP contribution in [0.4, 0.5) is 0 Å². The zero-order valence-electron chi connectivity index (χ0n) is 8.22. The van der Waals surface area contributed by atoms with Crippen LogP contribution in [-0.4, -0.2) is 15.4 Å². The van der Waals surface area contributed by atoms with Gasteiger partial charge in [-0.25, -0.2) is 0 Å². The highest BCUT2D eigenvalue weighted by molar-refractivity contribution is 7.39. The topological polar surface area (TPSA) is 49.7 Å². The second-order valence-electron chi connectivity index (χ2n) is 5.44. The third-order valence-electron chi connectivity index (χ3n) is 4.26. The van der Waals surface area contributed by atoms with Gasteiger partial charge in [0, 0.05) is 0 Å². The fourth-order valence-electron chi connectivity index (χ4n) is 4.32. The quantitative estimate of drug-likeness (QED) is 0.695. The Morgan fingerprint density at radius 1 is 0.929 bits per heavy atom. The number of hydrogen-bond acceptors (Lipinski definition) is 3. The van der Waals surface area contributed by atoms with E-state index in [9.17, 15) is 0 Å². The van der Waals surface area contributed by atoms with Gasteiger partial charge in [-0.3, -0.25) is 0 Å². The third kappa shape index (κ3) is 1.51. The van der Waals surface area contributed by atoms with Gasteiger partial charge in [-0.1, -0.05) is 0 Å². The molecule has 0 aliphatic heterocycles. The summed E-state index contributed by atoms with van der Waals surface area (Å²) in [5.74, 6) is 2.41. The largest absolute Gasteiger partial charge is 0.328 e. The standard InChI is InChI=1S/C10H17O3P/c11-14(12)13-10-4-7-1-8(5-10)3-9(2-7)6-10/h7-9,11-12H,1-6H2. The molecule has 4 rings (SSSR count). The van der Waals surface area contributed by atoms with E-state index in [1.165, 1.54) is 19.3 Å². The third-order valence-corrected chi connectivity index (χ3v) is 4.81. The summed E-state index contributed by atoms with van der Waals surface area (Å²) in [4.78, 5) is 18.0. The van der Waals surface area contributed by atoms with E-state index < -0.39 is 8.60 Å². The van der Waals surface area contributed by atoms with Crippen molar-refractivity contribution in [3.05, 3.63) is 0 Å². The smallest absolute Gasteiger partial charge is 0.327 e. The molecular weight excluding hydrogens is 199 g/mol. The molecule has 0 unspecified atom stereocenters. The molecule has 0 heterocycles. The minimum absolute atomic E-state index is 0.149. The molecule has 14 heavy (non-hydrogen) atoms. The fourth-order valence-corrected chi connectivity index (χ4v) is 4.89. The molecule has 4 bridgehead atoms. The predicted octanol–water partition coefficient (Wildman–Crippen LogP) is 2.18. The van der Waals surface area contributed by atoms with Gasteiger partial charge in [0.1, 0.15) is 0 Å². The Morgan fingerprint density at radius 2 is 1.36 bits per heavy atom. The van der Waals surface area contributed by atoms with E-state index in [-0.39, 0.29) is 5.60 Å². The van der Waals surface area contributed by atoms with Crippen molar-refractivity contribution in [3.63, 3.8) is 0 Å². The summed E-state index contributed by atoms with van der Waals surface area (Å²) in [5.41, 5.74) is -0.149. The normalized spacial score (nSPS) is 50.4. The Kier molecular flexibility index (Phi) is 2.14. The highest BCUT2D eigenvalue weighted by atomic mass is 31.2. The molecular formula is C10H17O3P. The predicted molar refractivity (Wildman–Crippen MR) is 53.3 cm³/mol. The molecule has 4 aliphatic rings. The van der Waals surface area contributed by atoms with Crippen LogP contribution in [-0.2, 0) is 4.52 Å². The van der Waals surface area contributed by atoms with Gasteiger partial charge in [0.25, 0.3) is 0 Å². The van der Waals surface area contributed by atoms with E-state index in [2.05, 4.69) is 0 Å². The van der Waals surface area contributed by atoms with Crippen LogP contribution in [0.1, 0.15) is 38.5 Å². The summed E-state index contributed by atoms with van der Waals surface area (Å²) in [6.07, 6.45) is 7.28. The van der Waals surface area contributed by atoms with E-state index in [1.807, 2.05) is 0 Å². The molecule has 4 fully saturated rings. The summed E-state index contributed by atoms with van der Waals surface area (Å²) < 4.78 is 5.43. The van der Waals surface area contributed by atoms with Crippen LogP contribution in [0.25, 0.3) is 0 Å². The van der Waals surface area contributed by atoms with Crippen molar-refractivity contribution >= 4 is 8.60 Å². The van der Waals surface area contributed by atoms with Crippen LogP contribution in [0.3, 0.4) is 0 Å². The van der Waals surface area contributed by atoms with Crippen LogP contribution >= 0.6 is 8.60 Å². The molecule has 3 nitrogen and oxygen atoms in total. The number of rotatable bonds is 2. The zero-order valence-corrected chi connectivity index (χ0v) is 9.12. The Hall–Kier alpha value is 0.310. The summed E-state index contributed by atoms with van der Waals surface area (Å²) >= 11 is 0. The first-order valence-electron chi connectivity index (χ1n) is 5.52. The van der Waals surface area contributed by atoms with Gasteiger partial charge in [-0.15, -0.1) is 0 Å². The van der Waals surface area contributed by atoms with Crippen molar-refractivity contribution < 1.29 is 14.3 Å². The van der Waals surface area contributed by atoms with Crippen molar-refractivity contribution in [2.24, 2.45) is 17.8 Å². The first-order chi connectivity index (χ1) is 6.65. The molecule has 0 amide bonds. The highest BCUT2D eigenvalue weighted by Crippen LogP contribution is 2.59. The highest BCUT2D eigenvalue weighted by Gasteiger charge is 2.52. The lowest BCUT2D eigenvalue weighted by Crippen LogP contribution is -2.51. The molecule has 4 saturated carbocycles. The van der Waals surface area contributed by atoms with Gasteiger partial charge < -0.3 is 14.3 Å². The van der Waals surface area contributed by atoms with E-state index in [0.717, 1.165) is 37.0 Å².